The summed E-state index contributed by atoms with van der Waals surface area (Å²) < 4.78 is 59.0. The highest BCUT2D eigenvalue weighted by Gasteiger charge is 2.55. The van der Waals surface area contributed by atoms with E-state index in [-0.39, 0.29) is 47.6 Å². The summed E-state index contributed by atoms with van der Waals surface area (Å²) in [6.07, 6.45) is 1.37. The number of benzene rings is 1. The van der Waals surface area contributed by atoms with E-state index in [1.165, 1.54) is 24.3 Å². The molecule has 1 aromatic heterocycles. The number of methoxy groups -OCH3 is 1. The van der Waals surface area contributed by atoms with E-state index in [0.717, 1.165) is 30.9 Å². The Morgan fingerprint density at radius 2 is 1.81 bits per heavy atom. The predicted octanol–water partition coefficient (Wildman–Crippen LogP) is 3.79. The Hall–Kier alpha value is -4.00. The summed E-state index contributed by atoms with van der Waals surface area (Å²) in [5.41, 5.74) is -0.510. The number of β-amino-alcohol motifs (C(OH)–C–C–N with tert-alkyl or cyclic N) is 1. The first-order valence-corrected chi connectivity index (χ1v) is 14.2. The standard InChI is InChI=1S/C30H30F4N4O5/c1-43-28-21(9-15(11-35-28)29(42)38-12-17(39)13-38)26(40)37-25-19-6-5-18(20(19)8-14-2-3-14)24(25)27(41)36-16-4-7-23(31)22(10-16)30(32,33)34/h4,7-11,14,17-19,24-25,39H,2-3,5-6,12-13H2,1H3,(H,36,41)(H,37,40)/b20-8-/t18?,19?,24-,25+/m0/s1. The summed E-state index contributed by atoms with van der Waals surface area (Å²) in [6.45, 7) is 0.339. The van der Waals surface area contributed by atoms with Gasteiger partial charge >= 0.3 is 6.18 Å². The van der Waals surface area contributed by atoms with Gasteiger partial charge < -0.3 is 25.4 Å². The van der Waals surface area contributed by atoms with Crippen molar-refractivity contribution >= 4 is 23.4 Å². The molecule has 6 rings (SSSR count). The molecule has 4 atom stereocenters. The quantitative estimate of drug-likeness (QED) is 0.328. The summed E-state index contributed by atoms with van der Waals surface area (Å²) in [7, 11) is 1.33. The molecule has 4 aliphatic rings. The molecule has 2 bridgehead atoms. The number of halogens is 4. The number of hydrogen-bond donors (Lipinski definition) is 3. The molecule has 3 amide bonds. The van der Waals surface area contributed by atoms with Crippen LogP contribution in [-0.4, -0.2) is 65.1 Å². The van der Waals surface area contributed by atoms with Gasteiger partial charge in [-0.15, -0.1) is 0 Å². The molecule has 4 fully saturated rings. The second-order valence-corrected chi connectivity index (χ2v) is 11.6. The number of aliphatic hydroxyl groups excluding tert-OH is 1. The third kappa shape index (κ3) is 5.57. The average Bonchev–Trinajstić information content (AvgIpc) is 3.63. The zero-order valence-electron chi connectivity index (χ0n) is 23.2. The first-order valence-electron chi connectivity index (χ1n) is 14.2. The lowest BCUT2D eigenvalue weighted by molar-refractivity contribution is -0.140. The van der Waals surface area contributed by atoms with E-state index in [1.807, 2.05) is 0 Å². The van der Waals surface area contributed by atoms with Gasteiger partial charge in [0.2, 0.25) is 11.8 Å². The van der Waals surface area contributed by atoms with Crippen molar-refractivity contribution in [2.45, 2.75) is 44.0 Å². The van der Waals surface area contributed by atoms with Gasteiger partial charge in [-0.2, -0.15) is 13.2 Å². The molecule has 0 spiro atoms. The van der Waals surface area contributed by atoms with E-state index in [2.05, 4.69) is 21.7 Å². The van der Waals surface area contributed by atoms with Crippen LogP contribution < -0.4 is 15.4 Å². The van der Waals surface area contributed by atoms with Crippen molar-refractivity contribution in [1.29, 1.82) is 0 Å². The van der Waals surface area contributed by atoms with Gasteiger partial charge in [-0.3, -0.25) is 14.4 Å². The van der Waals surface area contributed by atoms with Crippen molar-refractivity contribution in [2.75, 3.05) is 25.5 Å². The lowest BCUT2D eigenvalue weighted by atomic mass is 9.83. The maximum atomic E-state index is 13.9. The molecule has 0 radical (unpaired) electrons. The number of aromatic nitrogens is 1. The Morgan fingerprint density at radius 1 is 1.09 bits per heavy atom. The van der Waals surface area contributed by atoms with Crippen molar-refractivity contribution in [3.05, 3.63) is 64.6 Å². The van der Waals surface area contributed by atoms with Crippen molar-refractivity contribution < 1.29 is 41.8 Å². The maximum absolute atomic E-state index is 13.9. The SMILES string of the molecule is COc1ncc(C(=O)N2CC(O)C2)cc1C(=O)N[C@@H]1C2CCC(/C2=C/C2CC2)[C@@H]1C(=O)Nc1ccc(F)c(C(F)(F)F)c1. The molecule has 2 unspecified atom stereocenters. The van der Waals surface area contributed by atoms with Gasteiger partial charge in [-0.05, 0) is 61.8 Å². The average molecular weight is 603 g/mol. The number of fused-ring (bicyclic) bond motifs is 2. The van der Waals surface area contributed by atoms with Crippen LogP contribution in [-0.2, 0) is 11.0 Å². The van der Waals surface area contributed by atoms with Gasteiger partial charge in [0.15, 0.2) is 0 Å². The molecular weight excluding hydrogens is 572 g/mol. The number of allylic oxidation sites excluding steroid dienone is 1. The van der Waals surface area contributed by atoms with Crippen LogP contribution >= 0.6 is 0 Å². The summed E-state index contributed by atoms with van der Waals surface area (Å²) >= 11 is 0. The Labute approximate surface area is 244 Å². The minimum atomic E-state index is -4.94. The van der Waals surface area contributed by atoms with E-state index < -0.39 is 53.3 Å². The number of carbonyl (C=O) groups excluding carboxylic acids is 3. The molecule has 1 aliphatic heterocycles. The summed E-state index contributed by atoms with van der Waals surface area (Å²) in [5, 5.41) is 15.0. The first-order chi connectivity index (χ1) is 20.4. The molecule has 3 aliphatic carbocycles. The van der Waals surface area contributed by atoms with Gasteiger partial charge in [-0.25, -0.2) is 9.37 Å². The lowest BCUT2D eigenvalue weighted by Crippen LogP contribution is -2.53. The van der Waals surface area contributed by atoms with E-state index in [0.29, 0.717) is 24.5 Å². The number of hydrogen-bond acceptors (Lipinski definition) is 6. The number of ether oxygens (including phenoxy) is 1. The molecule has 13 heteroatoms. The number of alkyl halides is 3. The van der Waals surface area contributed by atoms with Crippen LogP contribution in [0.1, 0.15) is 52.0 Å². The number of carbonyl (C=O) groups is 3. The number of likely N-dealkylation sites (tertiary alicyclic amines) is 1. The zero-order chi connectivity index (χ0) is 30.6. The smallest absolute Gasteiger partial charge is 0.419 e. The Balaban J connectivity index is 1.27. The van der Waals surface area contributed by atoms with Gasteiger partial charge in [0.05, 0.1) is 30.3 Å². The number of amides is 3. The minimum absolute atomic E-state index is 0.0163. The van der Waals surface area contributed by atoms with Crippen LogP contribution in [0, 0.1) is 29.5 Å². The van der Waals surface area contributed by atoms with Crippen LogP contribution in [0.2, 0.25) is 0 Å². The van der Waals surface area contributed by atoms with Crippen molar-refractivity contribution in [3.63, 3.8) is 0 Å². The van der Waals surface area contributed by atoms with Crippen molar-refractivity contribution in [3.8, 4) is 5.88 Å². The normalized spacial score (nSPS) is 25.9. The number of nitrogens with one attached hydrogen (secondary N) is 2. The van der Waals surface area contributed by atoms with Crippen molar-refractivity contribution in [1.82, 2.24) is 15.2 Å². The number of pyridine rings is 1. The fourth-order valence-corrected chi connectivity index (χ4v) is 6.53. The highest BCUT2D eigenvalue weighted by Crippen LogP contribution is 2.54. The second-order valence-electron chi connectivity index (χ2n) is 11.6. The highest BCUT2D eigenvalue weighted by atomic mass is 19.4. The summed E-state index contributed by atoms with van der Waals surface area (Å²) in [5.74, 6) is -3.85. The third-order valence-corrected chi connectivity index (χ3v) is 8.77. The van der Waals surface area contributed by atoms with E-state index in [9.17, 15) is 37.1 Å². The molecule has 2 aromatic rings. The summed E-state index contributed by atoms with van der Waals surface area (Å²) in [6, 6.07) is 2.96. The van der Waals surface area contributed by atoms with Crippen molar-refractivity contribution in [2.24, 2.45) is 23.7 Å². The van der Waals surface area contributed by atoms with Crippen LogP contribution in [0.4, 0.5) is 23.2 Å². The fourth-order valence-electron chi connectivity index (χ4n) is 6.53. The van der Waals surface area contributed by atoms with E-state index in [1.54, 1.807) is 0 Å². The zero-order valence-corrected chi connectivity index (χ0v) is 23.2. The monoisotopic (exact) mass is 602 g/mol. The Kier molecular flexibility index (Phi) is 7.39. The molecule has 9 nitrogen and oxygen atoms in total. The Morgan fingerprint density at radius 3 is 2.47 bits per heavy atom. The number of rotatable bonds is 7. The molecule has 3 saturated carbocycles. The number of aliphatic hydroxyl groups is 1. The molecule has 1 aromatic carbocycles. The molecule has 2 heterocycles. The maximum Gasteiger partial charge on any atom is 0.419 e. The molecule has 228 valence electrons. The largest absolute Gasteiger partial charge is 0.480 e. The van der Waals surface area contributed by atoms with Gasteiger partial charge in [0.25, 0.3) is 11.8 Å². The lowest BCUT2D eigenvalue weighted by Gasteiger charge is -2.35. The highest BCUT2D eigenvalue weighted by molar-refractivity contribution is 6.02. The molecule has 3 N–H and O–H groups in total. The van der Waals surface area contributed by atoms with E-state index in [4.69, 9.17) is 4.74 Å². The van der Waals surface area contributed by atoms with Gasteiger partial charge in [-0.1, -0.05) is 11.6 Å². The predicted molar refractivity (Wildman–Crippen MR) is 144 cm³/mol. The summed E-state index contributed by atoms with van der Waals surface area (Å²) in [4.78, 5) is 45.7. The minimum Gasteiger partial charge on any atom is -0.480 e. The van der Waals surface area contributed by atoms with Crippen LogP contribution in [0.5, 0.6) is 5.88 Å². The van der Waals surface area contributed by atoms with Crippen LogP contribution in [0.25, 0.3) is 0 Å². The molecule has 43 heavy (non-hydrogen) atoms. The van der Waals surface area contributed by atoms with Gasteiger partial charge in [0.1, 0.15) is 11.4 Å². The Bertz CT molecular complexity index is 1500. The third-order valence-electron chi connectivity index (χ3n) is 8.77. The number of nitrogens with zero attached hydrogens (tertiary/aromatic N) is 2. The molecule has 1 saturated heterocycles. The molecular formula is C30H30F4N4O5. The fraction of sp³-hybridized carbons (Fsp3) is 0.467. The second kappa shape index (κ2) is 10.9. The first kappa shape index (κ1) is 29.1. The number of anilines is 1. The van der Waals surface area contributed by atoms with Gasteiger partial charge in [0, 0.05) is 36.9 Å². The topological polar surface area (TPSA) is 121 Å². The van der Waals surface area contributed by atoms with Crippen LogP contribution in [0.15, 0.2) is 42.1 Å². The van der Waals surface area contributed by atoms with Crippen LogP contribution in [0.3, 0.4) is 0 Å². The van der Waals surface area contributed by atoms with E-state index >= 15 is 0 Å².